The minimum absolute atomic E-state index is 0. The van der Waals surface area contributed by atoms with Gasteiger partial charge in [0.25, 0.3) is 0 Å². The molecule has 1 heterocycles. The number of nitrogens with zero attached hydrogens (tertiary/aromatic N) is 2. The van der Waals surface area contributed by atoms with Crippen LogP contribution in [-0.4, -0.2) is 56.8 Å². The molecule has 0 spiro atoms. The third kappa shape index (κ3) is 6.49. The van der Waals surface area contributed by atoms with Crippen LogP contribution in [0.4, 0.5) is 0 Å². The van der Waals surface area contributed by atoms with Gasteiger partial charge in [-0.3, -0.25) is 4.99 Å². The van der Waals surface area contributed by atoms with Crippen LogP contribution in [0, 0.1) is 0 Å². The van der Waals surface area contributed by atoms with Crippen molar-refractivity contribution in [2.45, 2.75) is 19.4 Å². The fourth-order valence-electron chi connectivity index (χ4n) is 1.49. The molecular formula is C10H23IN4O. The second kappa shape index (κ2) is 9.00. The molecule has 0 aromatic rings. The highest BCUT2D eigenvalue weighted by Crippen LogP contribution is 2.02. The lowest BCUT2D eigenvalue weighted by Gasteiger charge is -2.29. The summed E-state index contributed by atoms with van der Waals surface area (Å²) in [7, 11) is 2.10. The summed E-state index contributed by atoms with van der Waals surface area (Å²) in [6.07, 6.45) is 1.24. The van der Waals surface area contributed by atoms with Crippen molar-refractivity contribution in [3.05, 3.63) is 0 Å². The number of rotatable bonds is 4. The fraction of sp³-hybridized carbons (Fsp3) is 0.900. The third-order valence-corrected chi connectivity index (χ3v) is 2.36. The second-order valence-corrected chi connectivity index (χ2v) is 3.91. The van der Waals surface area contributed by atoms with Crippen LogP contribution in [0.2, 0.25) is 0 Å². The number of likely N-dealkylation sites (N-methyl/N-ethyl adjacent to an activating group) is 1. The molecule has 0 aliphatic carbocycles. The minimum Gasteiger partial charge on any atom is -0.374 e. The monoisotopic (exact) mass is 342 g/mol. The zero-order valence-corrected chi connectivity index (χ0v) is 12.4. The predicted octanol–water partition coefficient (Wildman–Crippen LogP) is 0.249. The minimum atomic E-state index is 0. The highest BCUT2D eigenvalue weighted by atomic mass is 127. The number of nitrogens with one attached hydrogen (secondary N) is 1. The smallest absolute Gasteiger partial charge is 0.188 e. The summed E-state index contributed by atoms with van der Waals surface area (Å²) in [5.41, 5.74) is 5.68. The van der Waals surface area contributed by atoms with Crippen molar-refractivity contribution in [1.82, 2.24) is 10.2 Å². The lowest BCUT2D eigenvalue weighted by Crippen LogP contribution is -2.42. The van der Waals surface area contributed by atoms with Crippen LogP contribution < -0.4 is 11.1 Å². The average molecular weight is 342 g/mol. The van der Waals surface area contributed by atoms with Crippen molar-refractivity contribution in [3.63, 3.8) is 0 Å². The van der Waals surface area contributed by atoms with E-state index in [1.807, 2.05) is 0 Å². The van der Waals surface area contributed by atoms with Gasteiger partial charge in [-0.25, -0.2) is 0 Å². The van der Waals surface area contributed by atoms with Crippen molar-refractivity contribution in [2.75, 3.05) is 39.8 Å². The molecule has 0 radical (unpaired) electrons. The lowest BCUT2D eigenvalue weighted by molar-refractivity contribution is -0.0136. The van der Waals surface area contributed by atoms with Gasteiger partial charge in [-0.2, -0.15) is 0 Å². The van der Waals surface area contributed by atoms with E-state index in [1.165, 1.54) is 0 Å². The first-order valence-electron chi connectivity index (χ1n) is 5.56. The number of hydrogen-bond acceptors (Lipinski definition) is 3. The maximum Gasteiger partial charge on any atom is 0.188 e. The van der Waals surface area contributed by atoms with Crippen LogP contribution in [-0.2, 0) is 4.74 Å². The Hall–Kier alpha value is -0.0800. The number of guanidine groups is 1. The molecule has 0 aromatic heterocycles. The Balaban J connectivity index is 0.00000225. The summed E-state index contributed by atoms with van der Waals surface area (Å²) in [6.45, 7) is 6.35. The van der Waals surface area contributed by atoms with Crippen molar-refractivity contribution < 1.29 is 4.74 Å². The fourth-order valence-corrected chi connectivity index (χ4v) is 1.49. The van der Waals surface area contributed by atoms with E-state index in [2.05, 4.69) is 29.2 Å². The molecule has 3 N–H and O–H groups in total. The zero-order chi connectivity index (χ0) is 11.1. The Kier molecular flexibility index (Phi) is 8.96. The van der Waals surface area contributed by atoms with Crippen molar-refractivity contribution in [3.8, 4) is 0 Å². The Morgan fingerprint density at radius 1 is 1.62 bits per heavy atom. The summed E-state index contributed by atoms with van der Waals surface area (Å²) in [4.78, 5) is 6.50. The highest BCUT2D eigenvalue weighted by molar-refractivity contribution is 14.0. The largest absolute Gasteiger partial charge is 0.374 e. The maximum atomic E-state index is 5.68. The predicted molar refractivity (Wildman–Crippen MR) is 77.4 cm³/mol. The van der Waals surface area contributed by atoms with Gasteiger partial charge in [-0.15, -0.1) is 24.0 Å². The van der Waals surface area contributed by atoms with E-state index >= 15 is 0 Å². The van der Waals surface area contributed by atoms with Crippen molar-refractivity contribution >= 4 is 29.9 Å². The molecule has 5 nitrogen and oxygen atoms in total. The molecule has 1 aliphatic rings. The molecule has 0 bridgehead atoms. The van der Waals surface area contributed by atoms with E-state index in [-0.39, 0.29) is 30.1 Å². The normalized spacial score (nSPS) is 22.6. The number of hydrogen-bond donors (Lipinski definition) is 2. The Morgan fingerprint density at radius 2 is 2.38 bits per heavy atom. The summed E-state index contributed by atoms with van der Waals surface area (Å²) in [5.74, 6) is 0.522. The van der Waals surface area contributed by atoms with Crippen LogP contribution in [0.25, 0.3) is 0 Å². The van der Waals surface area contributed by atoms with E-state index in [4.69, 9.17) is 10.5 Å². The lowest BCUT2D eigenvalue weighted by atomic mass is 10.3. The summed E-state index contributed by atoms with van der Waals surface area (Å²) >= 11 is 0. The van der Waals surface area contributed by atoms with E-state index in [0.29, 0.717) is 12.5 Å². The van der Waals surface area contributed by atoms with Crippen LogP contribution in [0.1, 0.15) is 13.3 Å². The Bertz CT molecular complexity index is 213. The van der Waals surface area contributed by atoms with Gasteiger partial charge in [0.05, 0.1) is 19.3 Å². The van der Waals surface area contributed by atoms with Gasteiger partial charge in [-0.1, -0.05) is 6.92 Å². The van der Waals surface area contributed by atoms with Crippen LogP contribution in [0.15, 0.2) is 4.99 Å². The van der Waals surface area contributed by atoms with Gasteiger partial charge in [0.1, 0.15) is 0 Å². The van der Waals surface area contributed by atoms with Gasteiger partial charge >= 0.3 is 0 Å². The third-order valence-electron chi connectivity index (χ3n) is 2.36. The molecule has 1 aliphatic heterocycles. The van der Waals surface area contributed by atoms with E-state index < -0.39 is 0 Å². The Labute approximate surface area is 115 Å². The first-order valence-corrected chi connectivity index (χ1v) is 5.56. The van der Waals surface area contributed by atoms with Crippen molar-refractivity contribution in [2.24, 2.45) is 10.7 Å². The summed E-state index contributed by atoms with van der Waals surface area (Å²) in [6, 6.07) is 0. The molecule has 1 rings (SSSR count). The van der Waals surface area contributed by atoms with E-state index in [1.54, 1.807) is 0 Å². The number of ether oxygens (including phenoxy) is 1. The second-order valence-electron chi connectivity index (χ2n) is 3.91. The first-order chi connectivity index (χ1) is 7.22. The van der Waals surface area contributed by atoms with Gasteiger partial charge in [-0.05, 0) is 13.5 Å². The number of aliphatic imine (C=N–C) groups is 1. The molecule has 96 valence electrons. The first kappa shape index (κ1) is 15.9. The van der Waals surface area contributed by atoms with Gasteiger partial charge in [0.2, 0.25) is 0 Å². The molecule has 1 atom stereocenters. The summed E-state index contributed by atoms with van der Waals surface area (Å²) < 4.78 is 5.57. The number of morpholine rings is 1. The molecular weight excluding hydrogens is 319 g/mol. The van der Waals surface area contributed by atoms with Crippen LogP contribution in [0.5, 0.6) is 0 Å². The zero-order valence-electron chi connectivity index (χ0n) is 10.1. The Morgan fingerprint density at radius 3 is 3.00 bits per heavy atom. The van der Waals surface area contributed by atoms with E-state index in [0.717, 1.165) is 32.7 Å². The molecule has 16 heavy (non-hydrogen) atoms. The van der Waals surface area contributed by atoms with Crippen LogP contribution >= 0.6 is 24.0 Å². The van der Waals surface area contributed by atoms with Crippen LogP contribution in [0.3, 0.4) is 0 Å². The highest BCUT2D eigenvalue weighted by Gasteiger charge is 2.16. The molecule has 0 aromatic carbocycles. The molecule has 0 saturated carbocycles. The molecule has 6 heteroatoms. The van der Waals surface area contributed by atoms with E-state index in [9.17, 15) is 0 Å². The average Bonchev–Trinajstić information content (AvgIpc) is 2.23. The molecule has 1 unspecified atom stereocenters. The standard InChI is InChI=1S/C10H22N4O.HI/c1-3-4-12-10(11)13-7-9-8-14(2)5-6-15-9;/h9H,3-8H2,1-2H3,(H3,11,12,13);1H. The number of halogens is 1. The SMILES string of the molecule is CCCNC(N)=NCC1CN(C)CCO1.I. The van der Waals surface area contributed by atoms with Gasteiger partial charge in [0.15, 0.2) is 5.96 Å². The molecule has 1 saturated heterocycles. The summed E-state index contributed by atoms with van der Waals surface area (Å²) in [5, 5.41) is 3.04. The topological polar surface area (TPSA) is 62.9 Å². The number of nitrogens with two attached hydrogens (primary N) is 1. The quantitative estimate of drug-likeness (QED) is 0.437. The molecule has 1 fully saturated rings. The van der Waals surface area contributed by atoms with Gasteiger partial charge in [0, 0.05) is 19.6 Å². The van der Waals surface area contributed by atoms with Gasteiger partial charge < -0.3 is 20.7 Å². The molecule has 0 amide bonds. The maximum absolute atomic E-state index is 5.68. The van der Waals surface area contributed by atoms with Crippen molar-refractivity contribution in [1.29, 1.82) is 0 Å².